The molecule has 2 amide bonds. The maximum Gasteiger partial charge on any atom is 0.328 e. The highest BCUT2D eigenvalue weighted by Gasteiger charge is 2.18. The molecule has 0 heterocycles. The number of hydrogen-bond donors (Lipinski definition) is 4. The number of carbonyl (C=O) groups excluding carboxylic acids is 1. The van der Waals surface area contributed by atoms with Crippen molar-refractivity contribution in [2.45, 2.75) is 31.7 Å². The van der Waals surface area contributed by atoms with Gasteiger partial charge < -0.3 is 20.8 Å². The number of carbonyl (C=O) groups is 2. The highest BCUT2D eigenvalue weighted by Crippen LogP contribution is 2.19. The van der Waals surface area contributed by atoms with Crippen LogP contribution in [0.3, 0.4) is 0 Å². The molecule has 1 aliphatic rings. The van der Waals surface area contributed by atoms with Gasteiger partial charge in [-0.15, -0.1) is 0 Å². The van der Waals surface area contributed by atoms with Crippen LogP contribution in [-0.2, 0) is 4.79 Å². The average molecular weight is 242 g/mol. The number of aliphatic hydroxyl groups is 1. The molecule has 1 rings (SSSR count). The van der Waals surface area contributed by atoms with E-state index in [2.05, 4.69) is 16.7 Å². The Bertz CT molecular complexity index is 315. The van der Waals surface area contributed by atoms with Gasteiger partial charge in [-0.05, 0) is 25.7 Å². The van der Waals surface area contributed by atoms with E-state index in [1.807, 2.05) is 0 Å². The number of hydrogen-bond acceptors (Lipinski definition) is 3. The van der Waals surface area contributed by atoms with Crippen molar-refractivity contribution in [1.29, 1.82) is 0 Å². The van der Waals surface area contributed by atoms with Gasteiger partial charge in [0.15, 0.2) is 6.04 Å². The summed E-state index contributed by atoms with van der Waals surface area (Å²) in [4.78, 5) is 21.8. The van der Waals surface area contributed by atoms with Crippen molar-refractivity contribution in [3.63, 3.8) is 0 Å². The number of rotatable bonds is 6. The number of nitrogens with one attached hydrogen (secondary N) is 2. The van der Waals surface area contributed by atoms with Gasteiger partial charge >= 0.3 is 12.0 Å². The SMILES string of the molecule is O=C(NCCC1=CCCC1)N[C@H](CO)C(=O)O. The van der Waals surface area contributed by atoms with Crippen molar-refractivity contribution < 1.29 is 19.8 Å². The zero-order chi connectivity index (χ0) is 12.7. The van der Waals surface area contributed by atoms with Gasteiger partial charge in [0.05, 0.1) is 6.61 Å². The lowest BCUT2D eigenvalue weighted by molar-refractivity contribution is -0.140. The Balaban J connectivity index is 2.18. The third kappa shape index (κ3) is 4.86. The Kier molecular flexibility index (Phi) is 5.48. The fourth-order valence-corrected chi connectivity index (χ4v) is 1.70. The maximum atomic E-state index is 11.3. The van der Waals surface area contributed by atoms with Gasteiger partial charge in [-0.1, -0.05) is 11.6 Å². The van der Waals surface area contributed by atoms with Crippen LogP contribution in [0.4, 0.5) is 4.79 Å². The Hall–Kier alpha value is -1.56. The van der Waals surface area contributed by atoms with E-state index in [4.69, 9.17) is 10.2 Å². The summed E-state index contributed by atoms with van der Waals surface area (Å²) in [7, 11) is 0. The van der Waals surface area contributed by atoms with Crippen molar-refractivity contribution in [2.75, 3.05) is 13.2 Å². The van der Waals surface area contributed by atoms with Crippen LogP contribution in [0.2, 0.25) is 0 Å². The highest BCUT2D eigenvalue weighted by molar-refractivity contribution is 5.82. The minimum absolute atomic E-state index is 0.482. The zero-order valence-electron chi connectivity index (χ0n) is 9.61. The number of carboxylic acids is 1. The zero-order valence-corrected chi connectivity index (χ0v) is 9.61. The Labute approximate surface area is 99.7 Å². The predicted molar refractivity (Wildman–Crippen MR) is 61.6 cm³/mol. The van der Waals surface area contributed by atoms with Gasteiger partial charge in [-0.25, -0.2) is 9.59 Å². The Morgan fingerprint density at radius 2 is 2.24 bits per heavy atom. The lowest BCUT2D eigenvalue weighted by Crippen LogP contribution is -2.48. The molecule has 0 aliphatic heterocycles. The average Bonchev–Trinajstić information content (AvgIpc) is 2.78. The second-order valence-corrected chi connectivity index (χ2v) is 3.98. The van der Waals surface area contributed by atoms with E-state index in [0.717, 1.165) is 19.3 Å². The third-order valence-corrected chi connectivity index (χ3v) is 2.65. The summed E-state index contributed by atoms with van der Waals surface area (Å²) < 4.78 is 0. The van der Waals surface area contributed by atoms with Crippen molar-refractivity contribution >= 4 is 12.0 Å². The second kappa shape index (κ2) is 6.90. The molecule has 0 aromatic heterocycles. The van der Waals surface area contributed by atoms with E-state index in [0.29, 0.717) is 6.54 Å². The number of aliphatic carboxylic acids is 1. The normalized spacial score (nSPS) is 16.2. The number of carboxylic acid groups (broad SMARTS) is 1. The molecule has 4 N–H and O–H groups in total. The molecule has 0 saturated heterocycles. The van der Waals surface area contributed by atoms with Crippen LogP contribution >= 0.6 is 0 Å². The molecular weight excluding hydrogens is 224 g/mol. The topological polar surface area (TPSA) is 98.7 Å². The van der Waals surface area contributed by atoms with Gasteiger partial charge in [0, 0.05) is 6.54 Å². The van der Waals surface area contributed by atoms with E-state index in [-0.39, 0.29) is 0 Å². The largest absolute Gasteiger partial charge is 0.480 e. The maximum absolute atomic E-state index is 11.3. The summed E-state index contributed by atoms with van der Waals surface area (Å²) >= 11 is 0. The van der Waals surface area contributed by atoms with Crippen LogP contribution in [0.25, 0.3) is 0 Å². The first-order valence-corrected chi connectivity index (χ1v) is 5.69. The fraction of sp³-hybridized carbons (Fsp3) is 0.636. The first-order valence-electron chi connectivity index (χ1n) is 5.69. The van der Waals surface area contributed by atoms with E-state index in [9.17, 15) is 9.59 Å². The van der Waals surface area contributed by atoms with Gasteiger partial charge in [-0.2, -0.15) is 0 Å². The van der Waals surface area contributed by atoms with Crippen molar-refractivity contribution in [3.8, 4) is 0 Å². The summed E-state index contributed by atoms with van der Waals surface area (Å²) in [5.74, 6) is -1.25. The number of amides is 2. The summed E-state index contributed by atoms with van der Waals surface area (Å²) in [6.07, 6.45) is 6.33. The molecule has 0 unspecified atom stereocenters. The molecule has 0 aromatic carbocycles. The first-order chi connectivity index (χ1) is 8.13. The molecule has 0 fully saturated rings. The lowest BCUT2D eigenvalue weighted by atomic mass is 10.2. The molecule has 0 aromatic rings. The molecule has 0 radical (unpaired) electrons. The molecule has 96 valence electrons. The van der Waals surface area contributed by atoms with Crippen LogP contribution in [0, 0.1) is 0 Å². The fourth-order valence-electron chi connectivity index (χ4n) is 1.70. The van der Waals surface area contributed by atoms with Crippen LogP contribution < -0.4 is 10.6 Å². The molecule has 1 atom stereocenters. The summed E-state index contributed by atoms with van der Waals surface area (Å²) in [6.45, 7) is -0.136. The quantitative estimate of drug-likeness (QED) is 0.501. The molecule has 0 spiro atoms. The van der Waals surface area contributed by atoms with Crippen molar-refractivity contribution in [1.82, 2.24) is 10.6 Å². The second-order valence-electron chi connectivity index (χ2n) is 3.98. The van der Waals surface area contributed by atoms with E-state index in [1.165, 1.54) is 12.0 Å². The van der Waals surface area contributed by atoms with Gasteiger partial charge in [0.1, 0.15) is 0 Å². The van der Waals surface area contributed by atoms with E-state index in [1.54, 1.807) is 0 Å². The van der Waals surface area contributed by atoms with Gasteiger partial charge in [0.25, 0.3) is 0 Å². The van der Waals surface area contributed by atoms with Crippen molar-refractivity contribution in [3.05, 3.63) is 11.6 Å². The number of aliphatic hydroxyl groups excluding tert-OH is 1. The van der Waals surface area contributed by atoms with Crippen molar-refractivity contribution in [2.24, 2.45) is 0 Å². The molecule has 0 bridgehead atoms. The number of allylic oxidation sites excluding steroid dienone is 1. The number of urea groups is 1. The molecule has 6 heteroatoms. The van der Waals surface area contributed by atoms with Crippen LogP contribution in [0.15, 0.2) is 11.6 Å². The van der Waals surface area contributed by atoms with Gasteiger partial charge in [-0.3, -0.25) is 0 Å². The predicted octanol–water partition coefficient (Wildman–Crippen LogP) is 0.231. The summed E-state index contributed by atoms with van der Waals surface area (Å²) in [5.41, 5.74) is 1.34. The molecule has 17 heavy (non-hydrogen) atoms. The van der Waals surface area contributed by atoms with E-state index >= 15 is 0 Å². The molecular formula is C11H18N2O4. The minimum Gasteiger partial charge on any atom is -0.480 e. The monoisotopic (exact) mass is 242 g/mol. The van der Waals surface area contributed by atoms with Gasteiger partial charge in [0.2, 0.25) is 0 Å². The lowest BCUT2D eigenvalue weighted by Gasteiger charge is -2.12. The molecule has 6 nitrogen and oxygen atoms in total. The standard InChI is InChI=1S/C11H18N2O4/c14-7-9(10(15)16)13-11(17)12-6-5-8-3-1-2-4-8/h3,9,14H,1-2,4-7H2,(H,15,16)(H2,12,13,17)/t9-/m1/s1. The molecule has 1 aliphatic carbocycles. The molecule has 0 saturated carbocycles. The van der Waals surface area contributed by atoms with Crippen LogP contribution in [0.1, 0.15) is 25.7 Å². The smallest absolute Gasteiger partial charge is 0.328 e. The highest BCUT2D eigenvalue weighted by atomic mass is 16.4. The minimum atomic E-state index is -1.25. The van der Waals surface area contributed by atoms with E-state index < -0.39 is 24.6 Å². The Morgan fingerprint density at radius 3 is 2.76 bits per heavy atom. The first kappa shape index (κ1) is 13.5. The van der Waals surface area contributed by atoms with Crippen LogP contribution in [0.5, 0.6) is 0 Å². The Morgan fingerprint density at radius 1 is 1.47 bits per heavy atom. The van der Waals surface area contributed by atoms with Crippen LogP contribution in [-0.4, -0.2) is 41.4 Å². The summed E-state index contributed by atoms with van der Waals surface area (Å²) in [6, 6.07) is -1.81. The summed E-state index contributed by atoms with van der Waals surface area (Å²) in [5, 5.41) is 22.1. The third-order valence-electron chi connectivity index (χ3n) is 2.65.